The van der Waals surface area contributed by atoms with E-state index in [0.717, 1.165) is 21.5 Å². The first-order chi connectivity index (χ1) is 9.79. The maximum atomic E-state index is 11.7. The number of benzene rings is 3. The molecule has 3 nitrogen and oxygen atoms in total. The molecule has 0 saturated carbocycles. The van der Waals surface area contributed by atoms with Crippen molar-refractivity contribution in [3.05, 3.63) is 54.6 Å². The summed E-state index contributed by atoms with van der Waals surface area (Å²) in [7, 11) is 0. The quantitative estimate of drug-likeness (QED) is 0.388. The Kier molecular flexibility index (Phi) is 3.25. The molecular weight excluding hydrogens is 252 g/mol. The largest absolute Gasteiger partial charge is 0.513 e. The molecule has 100 valence electrons. The van der Waals surface area contributed by atoms with E-state index in [4.69, 9.17) is 9.47 Å². The summed E-state index contributed by atoms with van der Waals surface area (Å²) in [5, 5.41) is 3.87. The predicted molar refractivity (Wildman–Crippen MR) is 79.1 cm³/mol. The second kappa shape index (κ2) is 5.21. The van der Waals surface area contributed by atoms with Crippen LogP contribution in [0.15, 0.2) is 54.6 Å². The zero-order valence-corrected chi connectivity index (χ0v) is 11.1. The second-order valence-corrected chi connectivity index (χ2v) is 4.43. The van der Waals surface area contributed by atoms with E-state index in [0.29, 0.717) is 12.4 Å². The zero-order chi connectivity index (χ0) is 13.9. The Balaban J connectivity index is 2.25. The second-order valence-electron chi connectivity index (χ2n) is 4.43. The van der Waals surface area contributed by atoms with Crippen molar-refractivity contribution in [3.63, 3.8) is 0 Å². The van der Waals surface area contributed by atoms with Crippen LogP contribution in [-0.4, -0.2) is 12.8 Å². The number of carbonyl (C=O) groups is 1. The van der Waals surface area contributed by atoms with Gasteiger partial charge in [-0.1, -0.05) is 48.5 Å². The van der Waals surface area contributed by atoms with E-state index in [-0.39, 0.29) is 0 Å². The molecule has 0 saturated heterocycles. The van der Waals surface area contributed by atoms with Crippen LogP contribution in [0.5, 0.6) is 5.75 Å². The van der Waals surface area contributed by atoms with Crippen LogP contribution in [-0.2, 0) is 4.74 Å². The average Bonchev–Trinajstić information content (AvgIpc) is 2.47. The summed E-state index contributed by atoms with van der Waals surface area (Å²) in [6.45, 7) is 2.05. The molecule has 0 heterocycles. The molecule has 0 radical (unpaired) electrons. The molecule has 0 aliphatic rings. The lowest BCUT2D eigenvalue weighted by atomic mass is 10.0. The van der Waals surface area contributed by atoms with Gasteiger partial charge >= 0.3 is 6.16 Å². The summed E-state index contributed by atoms with van der Waals surface area (Å²) in [5.41, 5.74) is 0. The fourth-order valence-electron chi connectivity index (χ4n) is 2.31. The highest BCUT2D eigenvalue weighted by Gasteiger charge is 2.13. The highest BCUT2D eigenvalue weighted by molar-refractivity contribution is 6.06. The van der Waals surface area contributed by atoms with Gasteiger partial charge in [0.1, 0.15) is 5.75 Å². The number of hydrogen-bond donors (Lipinski definition) is 0. The van der Waals surface area contributed by atoms with Crippen LogP contribution in [0.2, 0.25) is 0 Å². The van der Waals surface area contributed by atoms with Gasteiger partial charge in [0.15, 0.2) is 0 Å². The van der Waals surface area contributed by atoms with E-state index in [2.05, 4.69) is 6.07 Å². The molecule has 20 heavy (non-hydrogen) atoms. The summed E-state index contributed by atoms with van der Waals surface area (Å²) in [6.07, 6.45) is -0.672. The first-order valence-electron chi connectivity index (χ1n) is 6.54. The minimum absolute atomic E-state index is 0.293. The van der Waals surface area contributed by atoms with E-state index in [9.17, 15) is 4.79 Å². The van der Waals surface area contributed by atoms with Crippen LogP contribution in [0.25, 0.3) is 21.5 Å². The summed E-state index contributed by atoms with van der Waals surface area (Å²) in [5.74, 6) is 0.553. The van der Waals surface area contributed by atoms with Gasteiger partial charge in [-0.15, -0.1) is 0 Å². The van der Waals surface area contributed by atoms with Crippen molar-refractivity contribution in [2.24, 2.45) is 0 Å². The molecule has 0 spiro atoms. The van der Waals surface area contributed by atoms with E-state index >= 15 is 0 Å². The Morgan fingerprint density at radius 2 is 1.50 bits per heavy atom. The van der Waals surface area contributed by atoms with Gasteiger partial charge in [0.05, 0.1) is 6.61 Å². The third-order valence-corrected chi connectivity index (χ3v) is 3.17. The number of carbonyl (C=O) groups excluding carboxylic acids is 1. The minimum atomic E-state index is -0.672. The Hall–Kier alpha value is -2.55. The van der Waals surface area contributed by atoms with Gasteiger partial charge in [-0.3, -0.25) is 0 Å². The Morgan fingerprint density at radius 1 is 0.950 bits per heavy atom. The minimum Gasteiger partial charge on any atom is -0.434 e. The third-order valence-electron chi connectivity index (χ3n) is 3.17. The van der Waals surface area contributed by atoms with Crippen LogP contribution >= 0.6 is 0 Å². The standard InChI is InChI=1S/C17H14O3/c1-2-19-17(18)20-16-14-9-5-3-7-12(14)11-13-8-4-6-10-15(13)16/h3-11H,2H2,1H3. The summed E-state index contributed by atoms with van der Waals surface area (Å²) < 4.78 is 10.3. The van der Waals surface area contributed by atoms with Crippen molar-refractivity contribution < 1.29 is 14.3 Å². The Morgan fingerprint density at radius 3 is 2.05 bits per heavy atom. The molecule has 3 rings (SSSR count). The lowest BCUT2D eigenvalue weighted by Crippen LogP contribution is -2.10. The summed E-state index contributed by atoms with van der Waals surface area (Å²) >= 11 is 0. The fraction of sp³-hybridized carbons (Fsp3) is 0.118. The molecular formula is C17H14O3. The van der Waals surface area contributed by atoms with E-state index in [1.807, 2.05) is 48.5 Å². The maximum Gasteiger partial charge on any atom is 0.513 e. The molecule has 3 aromatic rings. The lowest BCUT2D eigenvalue weighted by Gasteiger charge is -2.11. The monoisotopic (exact) mass is 266 g/mol. The topological polar surface area (TPSA) is 35.5 Å². The SMILES string of the molecule is CCOC(=O)Oc1c2ccccc2cc2ccccc12. The van der Waals surface area contributed by atoms with E-state index < -0.39 is 6.16 Å². The van der Waals surface area contributed by atoms with Gasteiger partial charge < -0.3 is 9.47 Å². The van der Waals surface area contributed by atoms with Gasteiger partial charge in [0, 0.05) is 10.8 Å². The molecule has 0 amide bonds. The van der Waals surface area contributed by atoms with Crippen molar-refractivity contribution in [1.29, 1.82) is 0 Å². The lowest BCUT2D eigenvalue weighted by molar-refractivity contribution is 0.105. The van der Waals surface area contributed by atoms with Crippen molar-refractivity contribution in [2.75, 3.05) is 6.61 Å². The van der Waals surface area contributed by atoms with Crippen molar-refractivity contribution in [2.45, 2.75) is 6.92 Å². The van der Waals surface area contributed by atoms with Crippen LogP contribution in [0.1, 0.15) is 6.92 Å². The van der Waals surface area contributed by atoms with E-state index in [1.165, 1.54) is 0 Å². The molecule has 0 aromatic heterocycles. The molecule has 3 aromatic carbocycles. The summed E-state index contributed by atoms with van der Waals surface area (Å²) in [4.78, 5) is 11.7. The maximum absolute atomic E-state index is 11.7. The molecule has 3 heteroatoms. The Labute approximate surface area is 116 Å². The third kappa shape index (κ3) is 2.18. The first-order valence-corrected chi connectivity index (χ1v) is 6.54. The van der Waals surface area contributed by atoms with Crippen LogP contribution in [0.4, 0.5) is 4.79 Å². The van der Waals surface area contributed by atoms with Crippen LogP contribution in [0.3, 0.4) is 0 Å². The molecule has 0 atom stereocenters. The van der Waals surface area contributed by atoms with E-state index in [1.54, 1.807) is 6.92 Å². The summed E-state index contributed by atoms with van der Waals surface area (Å²) in [6, 6.07) is 17.7. The average molecular weight is 266 g/mol. The molecule has 0 aliphatic heterocycles. The van der Waals surface area contributed by atoms with Gasteiger partial charge in [-0.25, -0.2) is 4.79 Å². The predicted octanol–water partition coefficient (Wildman–Crippen LogP) is 4.53. The molecule has 0 unspecified atom stereocenters. The van der Waals surface area contributed by atoms with Gasteiger partial charge in [-0.05, 0) is 23.8 Å². The van der Waals surface area contributed by atoms with Crippen molar-refractivity contribution in [3.8, 4) is 5.75 Å². The fourth-order valence-corrected chi connectivity index (χ4v) is 2.31. The number of ether oxygens (including phenoxy) is 2. The molecule has 0 aliphatic carbocycles. The number of hydrogen-bond acceptors (Lipinski definition) is 3. The molecule has 0 bridgehead atoms. The number of rotatable bonds is 2. The normalized spacial score (nSPS) is 10.7. The van der Waals surface area contributed by atoms with Crippen LogP contribution < -0.4 is 4.74 Å². The Bertz CT molecular complexity index is 723. The van der Waals surface area contributed by atoms with Gasteiger partial charge in [0.2, 0.25) is 0 Å². The highest BCUT2D eigenvalue weighted by Crippen LogP contribution is 2.34. The van der Waals surface area contributed by atoms with Gasteiger partial charge in [0.25, 0.3) is 0 Å². The van der Waals surface area contributed by atoms with Gasteiger partial charge in [-0.2, -0.15) is 0 Å². The smallest absolute Gasteiger partial charge is 0.434 e. The highest BCUT2D eigenvalue weighted by atomic mass is 16.7. The van der Waals surface area contributed by atoms with Crippen LogP contribution in [0, 0.1) is 0 Å². The zero-order valence-electron chi connectivity index (χ0n) is 11.1. The van der Waals surface area contributed by atoms with Crippen molar-refractivity contribution in [1.82, 2.24) is 0 Å². The van der Waals surface area contributed by atoms with Crippen molar-refractivity contribution >= 4 is 27.7 Å². The molecule has 0 fully saturated rings. The molecule has 0 N–H and O–H groups in total. The first kappa shape index (κ1) is 12.5. The number of fused-ring (bicyclic) bond motifs is 2.